The first-order chi connectivity index (χ1) is 4.84. The molecule has 1 fully saturated rings. The lowest BCUT2D eigenvalue weighted by Crippen LogP contribution is -2.49. The van der Waals surface area contributed by atoms with E-state index in [4.69, 9.17) is 0 Å². The molecule has 1 N–H and O–H groups in total. The third-order valence-electron chi connectivity index (χ3n) is 2.09. The summed E-state index contributed by atoms with van der Waals surface area (Å²) < 4.78 is 11.9. The number of hydrogen-bond donors (Lipinski definition) is 1. The van der Waals surface area contributed by atoms with E-state index in [0.29, 0.717) is 12.5 Å². The molecule has 1 aliphatic heterocycles. The number of likely N-dealkylation sites (N-methyl/N-ethyl adjacent to an activating group) is 1. The Kier molecular flexibility index (Phi) is 3.09. The second-order valence-electron chi connectivity index (χ2n) is 2.82. The Morgan fingerprint density at radius 2 is 2.50 bits per heavy atom. The molecule has 0 spiro atoms. The van der Waals surface area contributed by atoms with Crippen molar-refractivity contribution in [2.75, 3.05) is 33.4 Å². The summed E-state index contributed by atoms with van der Waals surface area (Å²) in [5.74, 6) is 0. The van der Waals surface area contributed by atoms with Crippen LogP contribution in [0.3, 0.4) is 0 Å². The maximum atomic E-state index is 11.9. The Morgan fingerprint density at radius 3 is 3.10 bits per heavy atom. The molecule has 1 atom stereocenters. The van der Waals surface area contributed by atoms with Gasteiger partial charge in [-0.3, -0.25) is 4.39 Å². The lowest BCUT2D eigenvalue weighted by atomic mass is 10.1. The number of halogens is 1. The number of rotatable bonds is 2. The Labute approximate surface area is 61.4 Å². The highest BCUT2D eigenvalue weighted by Gasteiger charge is 2.17. The molecule has 1 heterocycles. The van der Waals surface area contributed by atoms with Crippen LogP contribution >= 0.6 is 0 Å². The van der Waals surface area contributed by atoms with Gasteiger partial charge in [-0.25, -0.2) is 0 Å². The van der Waals surface area contributed by atoms with Crippen LogP contribution in [0, 0.1) is 0 Å². The SMILES string of the molecule is CN1CCNCC1CCF. The molecule has 1 aliphatic rings. The number of nitrogens with one attached hydrogen (secondary N) is 1. The van der Waals surface area contributed by atoms with Gasteiger partial charge in [-0.1, -0.05) is 0 Å². The van der Waals surface area contributed by atoms with E-state index >= 15 is 0 Å². The Balaban J connectivity index is 2.25. The van der Waals surface area contributed by atoms with Gasteiger partial charge < -0.3 is 10.2 Å². The minimum Gasteiger partial charge on any atom is -0.314 e. The van der Waals surface area contributed by atoms with Crippen molar-refractivity contribution in [2.24, 2.45) is 0 Å². The molecule has 0 aromatic heterocycles. The van der Waals surface area contributed by atoms with Crippen molar-refractivity contribution in [2.45, 2.75) is 12.5 Å². The first kappa shape index (κ1) is 7.95. The summed E-state index contributed by atoms with van der Waals surface area (Å²) >= 11 is 0. The van der Waals surface area contributed by atoms with Crippen molar-refractivity contribution < 1.29 is 4.39 Å². The van der Waals surface area contributed by atoms with Crippen LogP contribution in [-0.4, -0.2) is 44.3 Å². The fourth-order valence-corrected chi connectivity index (χ4v) is 1.31. The number of alkyl halides is 1. The number of nitrogens with zero attached hydrogens (tertiary/aromatic N) is 1. The molecule has 0 radical (unpaired) electrons. The van der Waals surface area contributed by atoms with Gasteiger partial charge in [0.25, 0.3) is 0 Å². The minimum absolute atomic E-state index is 0.198. The van der Waals surface area contributed by atoms with E-state index in [-0.39, 0.29) is 6.67 Å². The monoisotopic (exact) mass is 146 g/mol. The molecule has 1 rings (SSSR count). The predicted molar refractivity (Wildman–Crippen MR) is 39.9 cm³/mol. The summed E-state index contributed by atoms with van der Waals surface area (Å²) in [5, 5.41) is 3.24. The van der Waals surface area contributed by atoms with Crippen molar-refractivity contribution in [3.8, 4) is 0 Å². The smallest absolute Gasteiger partial charge is 0.0909 e. The fraction of sp³-hybridized carbons (Fsp3) is 1.00. The van der Waals surface area contributed by atoms with Crippen LogP contribution in [0.1, 0.15) is 6.42 Å². The molecule has 0 aliphatic carbocycles. The average molecular weight is 146 g/mol. The summed E-state index contributed by atoms with van der Waals surface area (Å²) in [6.45, 7) is 2.83. The first-order valence-electron chi connectivity index (χ1n) is 3.81. The molecule has 1 saturated heterocycles. The number of piperazine rings is 1. The molecule has 3 heteroatoms. The normalized spacial score (nSPS) is 28.8. The topological polar surface area (TPSA) is 15.3 Å². The van der Waals surface area contributed by atoms with E-state index in [1.165, 1.54) is 0 Å². The van der Waals surface area contributed by atoms with Crippen molar-refractivity contribution >= 4 is 0 Å². The van der Waals surface area contributed by atoms with Gasteiger partial charge in [-0.05, 0) is 13.5 Å². The van der Waals surface area contributed by atoms with Gasteiger partial charge in [-0.15, -0.1) is 0 Å². The van der Waals surface area contributed by atoms with Gasteiger partial charge in [0.15, 0.2) is 0 Å². The van der Waals surface area contributed by atoms with Crippen LogP contribution in [0.2, 0.25) is 0 Å². The zero-order valence-corrected chi connectivity index (χ0v) is 6.44. The molecule has 0 bridgehead atoms. The highest BCUT2D eigenvalue weighted by atomic mass is 19.1. The van der Waals surface area contributed by atoms with E-state index in [1.807, 2.05) is 0 Å². The zero-order valence-electron chi connectivity index (χ0n) is 6.44. The summed E-state index contributed by atoms with van der Waals surface area (Å²) in [4.78, 5) is 2.22. The van der Waals surface area contributed by atoms with Crippen molar-refractivity contribution in [3.63, 3.8) is 0 Å². The van der Waals surface area contributed by atoms with Gasteiger partial charge in [0.1, 0.15) is 0 Å². The van der Waals surface area contributed by atoms with Crippen LogP contribution in [0.5, 0.6) is 0 Å². The van der Waals surface area contributed by atoms with Crippen LogP contribution in [0.4, 0.5) is 4.39 Å². The van der Waals surface area contributed by atoms with Gasteiger partial charge in [0.2, 0.25) is 0 Å². The van der Waals surface area contributed by atoms with E-state index in [2.05, 4.69) is 17.3 Å². The molecule has 10 heavy (non-hydrogen) atoms. The summed E-state index contributed by atoms with van der Waals surface area (Å²) in [5.41, 5.74) is 0. The molecule has 1 unspecified atom stereocenters. The number of hydrogen-bond acceptors (Lipinski definition) is 2. The molecule has 60 valence electrons. The lowest BCUT2D eigenvalue weighted by Gasteiger charge is -2.32. The summed E-state index contributed by atoms with van der Waals surface area (Å²) in [7, 11) is 2.06. The van der Waals surface area contributed by atoms with Crippen molar-refractivity contribution in [3.05, 3.63) is 0 Å². The van der Waals surface area contributed by atoms with Crippen molar-refractivity contribution in [1.82, 2.24) is 10.2 Å². The van der Waals surface area contributed by atoms with E-state index < -0.39 is 0 Å². The Hall–Kier alpha value is -0.150. The second-order valence-corrected chi connectivity index (χ2v) is 2.82. The highest BCUT2D eigenvalue weighted by Crippen LogP contribution is 2.03. The average Bonchev–Trinajstić information content (AvgIpc) is 1.94. The van der Waals surface area contributed by atoms with E-state index in [0.717, 1.165) is 19.6 Å². The molecule has 0 saturated carbocycles. The van der Waals surface area contributed by atoms with E-state index in [9.17, 15) is 4.39 Å². The summed E-state index contributed by atoms with van der Waals surface area (Å²) in [6.07, 6.45) is 0.670. The van der Waals surface area contributed by atoms with Crippen LogP contribution < -0.4 is 5.32 Å². The van der Waals surface area contributed by atoms with E-state index in [1.54, 1.807) is 0 Å². The van der Waals surface area contributed by atoms with Crippen molar-refractivity contribution in [1.29, 1.82) is 0 Å². The first-order valence-corrected chi connectivity index (χ1v) is 3.81. The fourth-order valence-electron chi connectivity index (χ4n) is 1.31. The second kappa shape index (κ2) is 3.88. The minimum atomic E-state index is -0.198. The standard InChI is InChI=1S/C7H15FN2/c1-10-5-4-9-6-7(10)2-3-8/h7,9H,2-6H2,1H3. The Morgan fingerprint density at radius 1 is 1.70 bits per heavy atom. The van der Waals surface area contributed by atoms with Crippen LogP contribution in [-0.2, 0) is 0 Å². The van der Waals surface area contributed by atoms with Gasteiger partial charge >= 0.3 is 0 Å². The molecule has 0 aromatic carbocycles. The molecule has 0 aromatic rings. The van der Waals surface area contributed by atoms with Gasteiger partial charge in [0, 0.05) is 25.7 Å². The molecule has 0 amide bonds. The summed E-state index contributed by atoms with van der Waals surface area (Å²) in [6, 6.07) is 0.416. The lowest BCUT2D eigenvalue weighted by molar-refractivity contribution is 0.180. The molecule has 2 nitrogen and oxygen atoms in total. The highest BCUT2D eigenvalue weighted by molar-refractivity contribution is 4.76. The van der Waals surface area contributed by atoms with Gasteiger partial charge in [0.05, 0.1) is 6.67 Å². The largest absolute Gasteiger partial charge is 0.314 e. The van der Waals surface area contributed by atoms with Crippen LogP contribution in [0.15, 0.2) is 0 Å². The van der Waals surface area contributed by atoms with Gasteiger partial charge in [-0.2, -0.15) is 0 Å². The Bertz CT molecular complexity index is 95.6. The molecular formula is C7H15FN2. The quantitative estimate of drug-likeness (QED) is 0.600. The third kappa shape index (κ3) is 1.92. The maximum Gasteiger partial charge on any atom is 0.0909 e. The predicted octanol–water partition coefficient (Wildman–Crippen LogP) is 0.250. The van der Waals surface area contributed by atoms with Crippen LogP contribution in [0.25, 0.3) is 0 Å². The molecular weight excluding hydrogens is 131 g/mol. The zero-order chi connectivity index (χ0) is 7.40. The maximum absolute atomic E-state index is 11.9. The third-order valence-corrected chi connectivity index (χ3v) is 2.09.